The molecule has 0 amide bonds. The fraction of sp³-hybridized carbons (Fsp3) is 0.333. The molecule has 2 aromatic rings. The van der Waals surface area contributed by atoms with Crippen LogP contribution in [0.25, 0.3) is 0 Å². The van der Waals surface area contributed by atoms with Gasteiger partial charge >= 0.3 is 6.18 Å². The molecule has 1 atom stereocenters. The van der Waals surface area contributed by atoms with E-state index in [2.05, 4.69) is 4.98 Å². The highest BCUT2D eigenvalue weighted by Gasteiger charge is 2.42. The molecule has 134 valence electrons. The Labute approximate surface area is 147 Å². The van der Waals surface area contributed by atoms with Gasteiger partial charge in [-0.1, -0.05) is 17.7 Å². The molecule has 2 rings (SSSR count). The maximum absolute atomic E-state index is 13.4. The molecule has 1 unspecified atom stereocenters. The lowest BCUT2D eigenvalue weighted by Crippen LogP contribution is -2.30. The number of aromatic amines is 1. The van der Waals surface area contributed by atoms with E-state index in [-0.39, 0.29) is 5.56 Å². The van der Waals surface area contributed by atoms with Crippen molar-refractivity contribution in [2.45, 2.75) is 43.5 Å². The standard InChI is InChI=1S/C18H18F3NO2S/c1-10-4-6-13(7-5-10)25-15(18(19,20)21)9-14(23)16-11(2)8-12(3)22-17(16)24/h4-8,15H,9H2,1-3H3,(H,22,24). The van der Waals surface area contributed by atoms with Gasteiger partial charge in [-0.15, -0.1) is 11.8 Å². The van der Waals surface area contributed by atoms with E-state index in [1.54, 1.807) is 44.2 Å². The van der Waals surface area contributed by atoms with Gasteiger partial charge in [0.25, 0.3) is 5.56 Å². The molecule has 0 fully saturated rings. The van der Waals surface area contributed by atoms with E-state index in [1.165, 1.54) is 0 Å². The fourth-order valence-electron chi connectivity index (χ4n) is 2.48. The van der Waals surface area contributed by atoms with Crippen LogP contribution >= 0.6 is 11.8 Å². The first kappa shape index (κ1) is 19.3. The van der Waals surface area contributed by atoms with Gasteiger partial charge < -0.3 is 4.98 Å². The predicted octanol–water partition coefficient (Wildman–Crippen LogP) is 4.60. The third kappa shape index (κ3) is 4.98. The molecule has 7 heteroatoms. The van der Waals surface area contributed by atoms with Gasteiger partial charge in [0.1, 0.15) is 5.25 Å². The Morgan fingerprint density at radius 1 is 1.16 bits per heavy atom. The number of thioether (sulfide) groups is 1. The minimum Gasteiger partial charge on any atom is -0.326 e. The summed E-state index contributed by atoms with van der Waals surface area (Å²) in [6.45, 7) is 5.03. The predicted molar refractivity (Wildman–Crippen MR) is 92.4 cm³/mol. The number of rotatable bonds is 5. The molecule has 1 N–H and O–H groups in total. The summed E-state index contributed by atoms with van der Waals surface area (Å²) in [5, 5.41) is -1.91. The largest absolute Gasteiger partial charge is 0.401 e. The molecule has 1 aromatic carbocycles. The number of halogens is 3. The molecular formula is C18H18F3NO2S. The van der Waals surface area contributed by atoms with Gasteiger partial charge in [0.05, 0.1) is 5.56 Å². The zero-order valence-electron chi connectivity index (χ0n) is 14.0. The van der Waals surface area contributed by atoms with E-state index in [0.29, 0.717) is 27.9 Å². The summed E-state index contributed by atoms with van der Waals surface area (Å²) in [5.74, 6) is -0.805. The summed E-state index contributed by atoms with van der Waals surface area (Å²) in [6.07, 6.45) is -5.34. The molecule has 0 aliphatic heterocycles. The quantitative estimate of drug-likeness (QED) is 0.619. The summed E-state index contributed by atoms with van der Waals surface area (Å²) in [7, 11) is 0. The van der Waals surface area contributed by atoms with Crippen LogP contribution in [-0.2, 0) is 0 Å². The molecule has 0 saturated heterocycles. The molecule has 0 aliphatic rings. The van der Waals surface area contributed by atoms with Crippen molar-refractivity contribution in [3.8, 4) is 0 Å². The highest BCUT2D eigenvalue weighted by molar-refractivity contribution is 8.00. The van der Waals surface area contributed by atoms with Gasteiger partial charge in [-0.05, 0) is 44.5 Å². The van der Waals surface area contributed by atoms with Crippen molar-refractivity contribution in [2.24, 2.45) is 0 Å². The van der Waals surface area contributed by atoms with E-state index in [0.717, 1.165) is 5.56 Å². The van der Waals surface area contributed by atoms with Gasteiger partial charge in [0.2, 0.25) is 0 Å². The number of aryl methyl sites for hydroxylation is 3. The average molecular weight is 369 g/mol. The fourth-order valence-corrected chi connectivity index (χ4v) is 3.47. The molecule has 1 heterocycles. The number of aromatic nitrogens is 1. The number of H-pyrrole nitrogens is 1. The third-order valence-corrected chi connectivity index (χ3v) is 4.94. The highest BCUT2D eigenvalue weighted by Crippen LogP contribution is 2.38. The van der Waals surface area contributed by atoms with Crippen LogP contribution in [0.4, 0.5) is 13.2 Å². The van der Waals surface area contributed by atoms with Gasteiger partial charge in [0, 0.05) is 17.0 Å². The Morgan fingerprint density at radius 3 is 2.28 bits per heavy atom. The number of hydrogen-bond acceptors (Lipinski definition) is 3. The molecule has 0 bridgehead atoms. The monoisotopic (exact) mass is 369 g/mol. The van der Waals surface area contributed by atoms with Crippen molar-refractivity contribution < 1.29 is 18.0 Å². The molecule has 25 heavy (non-hydrogen) atoms. The topological polar surface area (TPSA) is 49.9 Å². The van der Waals surface area contributed by atoms with Crippen molar-refractivity contribution in [3.63, 3.8) is 0 Å². The minimum absolute atomic E-state index is 0.204. The van der Waals surface area contributed by atoms with Gasteiger partial charge in [0.15, 0.2) is 5.78 Å². The van der Waals surface area contributed by atoms with E-state index in [9.17, 15) is 22.8 Å². The van der Waals surface area contributed by atoms with Crippen molar-refractivity contribution in [1.29, 1.82) is 0 Å². The van der Waals surface area contributed by atoms with Crippen LogP contribution in [0.1, 0.15) is 33.6 Å². The van der Waals surface area contributed by atoms with Crippen molar-refractivity contribution >= 4 is 17.5 Å². The minimum atomic E-state index is -4.56. The van der Waals surface area contributed by atoms with Crippen LogP contribution in [0.3, 0.4) is 0 Å². The second kappa shape index (κ2) is 7.47. The van der Waals surface area contributed by atoms with Gasteiger partial charge in [-0.25, -0.2) is 0 Å². The van der Waals surface area contributed by atoms with Crippen molar-refractivity contribution in [2.75, 3.05) is 0 Å². The first-order chi connectivity index (χ1) is 11.6. The average Bonchev–Trinajstić information content (AvgIpc) is 2.46. The maximum Gasteiger partial charge on any atom is 0.401 e. The molecule has 0 aliphatic carbocycles. The van der Waals surface area contributed by atoms with Crippen LogP contribution in [-0.4, -0.2) is 22.2 Å². The summed E-state index contributed by atoms with van der Waals surface area (Å²) >= 11 is 0.584. The Kier molecular flexibility index (Phi) is 5.77. The van der Waals surface area contributed by atoms with Crippen LogP contribution < -0.4 is 5.56 Å². The molecule has 0 spiro atoms. The van der Waals surface area contributed by atoms with Gasteiger partial charge in [-0.2, -0.15) is 13.2 Å². The normalized spacial score (nSPS) is 12.9. The van der Waals surface area contributed by atoms with E-state index in [1.807, 2.05) is 6.92 Å². The van der Waals surface area contributed by atoms with E-state index in [4.69, 9.17) is 0 Å². The summed E-state index contributed by atoms with van der Waals surface area (Å²) in [4.78, 5) is 27.2. The second-order valence-corrected chi connectivity index (χ2v) is 7.20. The summed E-state index contributed by atoms with van der Waals surface area (Å²) in [5.41, 5.74) is 1.02. The lowest BCUT2D eigenvalue weighted by atomic mass is 10.0. The molecule has 1 aromatic heterocycles. The molecular weight excluding hydrogens is 351 g/mol. The zero-order valence-corrected chi connectivity index (χ0v) is 14.8. The zero-order chi connectivity index (χ0) is 18.8. The number of benzene rings is 1. The van der Waals surface area contributed by atoms with Crippen LogP contribution in [0.15, 0.2) is 40.0 Å². The second-order valence-electron chi connectivity index (χ2n) is 5.93. The number of ketones is 1. The summed E-state index contributed by atoms with van der Waals surface area (Å²) < 4.78 is 40.1. The Morgan fingerprint density at radius 2 is 1.76 bits per heavy atom. The number of hydrogen-bond donors (Lipinski definition) is 1. The Hall–Kier alpha value is -2.02. The number of pyridine rings is 1. The number of carbonyl (C=O) groups excluding carboxylic acids is 1. The van der Waals surface area contributed by atoms with E-state index >= 15 is 0 Å². The van der Waals surface area contributed by atoms with Crippen molar-refractivity contribution in [1.82, 2.24) is 4.98 Å². The van der Waals surface area contributed by atoms with Gasteiger partial charge in [-0.3, -0.25) is 9.59 Å². The lowest BCUT2D eigenvalue weighted by Gasteiger charge is -2.19. The first-order valence-electron chi connectivity index (χ1n) is 7.61. The lowest BCUT2D eigenvalue weighted by molar-refractivity contribution is -0.128. The molecule has 3 nitrogen and oxygen atoms in total. The third-order valence-electron chi connectivity index (χ3n) is 3.68. The Balaban J connectivity index is 2.27. The summed E-state index contributed by atoms with van der Waals surface area (Å²) in [6, 6.07) is 8.18. The Bertz CT molecular complexity index is 826. The number of alkyl halides is 3. The number of Topliss-reactive ketones (excluding diaryl/α,β-unsaturated/α-hetero) is 1. The van der Waals surface area contributed by atoms with Crippen LogP contribution in [0.5, 0.6) is 0 Å². The van der Waals surface area contributed by atoms with Crippen LogP contribution in [0.2, 0.25) is 0 Å². The molecule has 0 radical (unpaired) electrons. The number of nitrogens with one attached hydrogen (secondary N) is 1. The molecule has 0 saturated carbocycles. The van der Waals surface area contributed by atoms with E-state index < -0.39 is 29.2 Å². The maximum atomic E-state index is 13.4. The first-order valence-corrected chi connectivity index (χ1v) is 8.49. The van der Waals surface area contributed by atoms with Crippen LogP contribution in [0, 0.1) is 20.8 Å². The van der Waals surface area contributed by atoms with Crippen molar-refractivity contribution in [3.05, 3.63) is 63.1 Å². The smallest absolute Gasteiger partial charge is 0.326 e. The number of carbonyl (C=O) groups is 1. The SMILES string of the molecule is Cc1ccc(SC(CC(=O)c2c(C)cc(C)[nH]c2=O)C(F)(F)F)cc1. The highest BCUT2D eigenvalue weighted by atomic mass is 32.2.